The van der Waals surface area contributed by atoms with Crippen LogP contribution in [0.3, 0.4) is 0 Å². The molecule has 4 aromatic heterocycles. The molecule has 8 aromatic rings. The SMILES string of the molecule is [B]c1nc2cc(-n3c(C)c(/C=C\C=C)c(/C=C(C=C)/C(C)=C/C(=C\C=C)c4nc5cc(-c6nc(-c7ccccc7)nc(-c7ccccc7)n6)ccc5s4)c3[B]C)ccc2o1. The molecule has 0 bridgehead atoms. The Kier molecular flexibility index (Phi) is 11.5. The van der Waals surface area contributed by atoms with Crippen LogP contribution in [-0.4, -0.2) is 44.6 Å². The van der Waals surface area contributed by atoms with Gasteiger partial charge in [0.15, 0.2) is 38.2 Å². The number of nitrogens with zero attached hydrogens (tertiary/aromatic N) is 6. The highest BCUT2D eigenvalue weighted by Crippen LogP contribution is 2.34. The summed E-state index contributed by atoms with van der Waals surface area (Å²) in [5.41, 5.74) is 12.9. The van der Waals surface area contributed by atoms with Crippen molar-refractivity contribution in [1.29, 1.82) is 0 Å². The van der Waals surface area contributed by atoms with E-state index in [0.717, 1.165) is 76.7 Å². The second kappa shape index (κ2) is 17.4. The first-order valence-electron chi connectivity index (χ1n) is 19.4. The molecule has 0 unspecified atom stereocenters. The molecule has 8 rings (SSSR count). The van der Waals surface area contributed by atoms with Gasteiger partial charge in [-0.25, -0.2) is 24.9 Å². The van der Waals surface area contributed by atoms with Crippen LogP contribution in [0.5, 0.6) is 0 Å². The van der Waals surface area contributed by atoms with Gasteiger partial charge < -0.3 is 8.98 Å². The lowest BCUT2D eigenvalue weighted by Gasteiger charge is -2.12. The van der Waals surface area contributed by atoms with Crippen LogP contribution in [0.1, 0.15) is 28.8 Å². The Balaban J connectivity index is 1.17. The normalized spacial score (nSPS) is 12.4. The molecule has 0 aliphatic carbocycles. The van der Waals surface area contributed by atoms with E-state index in [0.29, 0.717) is 28.6 Å². The van der Waals surface area contributed by atoms with Gasteiger partial charge in [-0.05, 0) is 84.7 Å². The lowest BCUT2D eigenvalue weighted by molar-refractivity contribution is 0.644. The topological polar surface area (TPSA) is 82.5 Å². The third-order valence-corrected chi connectivity index (χ3v) is 11.2. The van der Waals surface area contributed by atoms with E-state index >= 15 is 0 Å². The summed E-state index contributed by atoms with van der Waals surface area (Å²) in [7, 11) is 7.99. The molecule has 0 atom stereocenters. The van der Waals surface area contributed by atoms with Crippen LogP contribution in [0.25, 0.3) is 78.9 Å². The van der Waals surface area contributed by atoms with Gasteiger partial charge in [0, 0.05) is 39.2 Å². The average molecular weight is 794 g/mol. The molecule has 0 N–H and O–H groups in total. The summed E-state index contributed by atoms with van der Waals surface area (Å²) >= 11 is 1.62. The maximum atomic E-state index is 5.88. The van der Waals surface area contributed by atoms with Crippen LogP contribution < -0.4 is 11.4 Å². The van der Waals surface area contributed by atoms with Crippen molar-refractivity contribution in [3.8, 4) is 39.9 Å². The molecule has 60 heavy (non-hydrogen) atoms. The van der Waals surface area contributed by atoms with Crippen LogP contribution in [0, 0.1) is 6.92 Å². The summed E-state index contributed by atoms with van der Waals surface area (Å²) in [5.74, 6) is 1.94. The Hall–Kier alpha value is -7.16. The zero-order chi connectivity index (χ0) is 41.8. The van der Waals surface area contributed by atoms with Gasteiger partial charge in [-0.3, -0.25) is 0 Å². The largest absolute Gasteiger partial charge is 0.452 e. The summed E-state index contributed by atoms with van der Waals surface area (Å²) in [6.45, 7) is 18.4. The number of hydrogen-bond donors (Lipinski definition) is 0. The standard InChI is InChI=1S/C50H39B2N6OS/c1-7-10-22-39-32(5)58(38-24-25-43-41(30-38)54-50(51)59-43)45(52-6)40(39)28-33(9-3)31(4)27-37(17-8-2)49-53-42-29-36(23-26-44(42)60-49)48-56-46(34-18-13-11-14-19-34)55-47(57-48)35-20-15-12-16-21-35/h7-30H,1-3H2,4-6H3/b22-10-,31-27+,33-28+,37-17+. The van der Waals surface area contributed by atoms with Crippen molar-refractivity contribution in [2.45, 2.75) is 20.7 Å². The van der Waals surface area contributed by atoms with Crippen molar-refractivity contribution in [3.63, 3.8) is 0 Å². The van der Waals surface area contributed by atoms with Gasteiger partial charge in [-0.15, -0.1) is 11.3 Å². The molecule has 0 aliphatic rings. The Morgan fingerprint density at radius 1 is 0.767 bits per heavy atom. The molecule has 0 aliphatic heterocycles. The van der Waals surface area contributed by atoms with Crippen molar-refractivity contribution >= 4 is 76.9 Å². The van der Waals surface area contributed by atoms with Gasteiger partial charge in [-0.2, -0.15) is 0 Å². The van der Waals surface area contributed by atoms with Crippen molar-refractivity contribution in [1.82, 2.24) is 29.5 Å². The number of allylic oxidation sites excluding steroid dienone is 9. The summed E-state index contributed by atoms with van der Waals surface area (Å²) in [5, 5.41) is 0.860. The Morgan fingerprint density at radius 2 is 1.45 bits per heavy atom. The molecule has 0 saturated carbocycles. The van der Waals surface area contributed by atoms with Crippen molar-refractivity contribution in [2.75, 3.05) is 0 Å². The van der Waals surface area contributed by atoms with Gasteiger partial charge in [-0.1, -0.05) is 124 Å². The number of oxazole rings is 1. The summed E-state index contributed by atoms with van der Waals surface area (Å²) in [6, 6.07) is 32.0. The minimum atomic E-state index is 0.139. The lowest BCUT2D eigenvalue weighted by Crippen LogP contribution is -2.24. The zero-order valence-electron chi connectivity index (χ0n) is 33.6. The lowest BCUT2D eigenvalue weighted by atomic mass is 9.74. The van der Waals surface area contributed by atoms with E-state index < -0.39 is 0 Å². The number of fused-ring (bicyclic) bond motifs is 2. The Labute approximate surface area is 356 Å². The average Bonchev–Trinajstić information content (AvgIpc) is 3.96. The summed E-state index contributed by atoms with van der Waals surface area (Å²) in [6.07, 6.45) is 15.8. The minimum Gasteiger partial charge on any atom is -0.452 e. The molecule has 0 spiro atoms. The van der Waals surface area contributed by atoms with Crippen LogP contribution in [0.15, 0.2) is 169 Å². The molecule has 0 amide bonds. The van der Waals surface area contributed by atoms with Crippen LogP contribution >= 0.6 is 11.3 Å². The van der Waals surface area contributed by atoms with Gasteiger partial charge in [0.1, 0.15) is 16.3 Å². The first-order chi connectivity index (χ1) is 29.3. The fourth-order valence-electron chi connectivity index (χ4n) is 7.21. The molecular formula is C50H39B2N6OS. The van der Waals surface area contributed by atoms with E-state index in [-0.39, 0.29) is 5.79 Å². The van der Waals surface area contributed by atoms with Gasteiger partial charge in [0.25, 0.3) is 0 Å². The van der Waals surface area contributed by atoms with Crippen LogP contribution in [-0.2, 0) is 0 Å². The van der Waals surface area contributed by atoms with Crippen LogP contribution in [0.4, 0.5) is 0 Å². The maximum absolute atomic E-state index is 5.88. The van der Waals surface area contributed by atoms with Gasteiger partial charge in [0.05, 0.1) is 10.2 Å². The van der Waals surface area contributed by atoms with E-state index in [2.05, 4.69) is 80.8 Å². The maximum Gasteiger partial charge on any atom is 0.197 e. The van der Waals surface area contributed by atoms with Gasteiger partial charge >= 0.3 is 0 Å². The van der Waals surface area contributed by atoms with E-state index in [1.807, 2.05) is 110 Å². The monoisotopic (exact) mass is 793 g/mol. The minimum absolute atomic E-state index is 0.139. The number of rotatable bonds is 13. The molecule has 3 radical (unpaired) electrons. The quantitative estimate of drug-likeness (QED) is 0.0854. The van der Waals surface area contributed by atoms with E-state index in [9.17, 15) is 0 Å². The molecule has 287 valence electrons. The summed E-state index contributed by atoms with van der Waals surface area (Å²) in [4.78, 5) is 24.2. The highest BCUT2D eigenvalue weighted by Gasteiger charge is 2.20. The first-order valence-corrected chi connectivity index (χ1v) is 20.2. The van der Waals surface area contributed by atoms with Crippen molar-refractivity contribution < 1.29 is 4.42 Å². The number of thiazole rings is 1. The third-order valence-electron chi connectivity index (χ3n) is 10.1. The van der Waals surface area contributed by atoms with Crippen LogP contribution in [0.2, 0.25) is 6.82 Å². The number of aromatic nitrogens is 6. The summed E-state index contributed by atoms with van der Waals surface area (Å²) < 4.78 is 8.82. The highest BCUT2D eigenvalue weighted by molar-refractivity contribution is 7.19. The number of hydrogen-bond acceptors (Lipinski definition) is 7. The predicted molar refractivity (Wildman–Crippen MR) is 253 cm³/mol. The third kappa shape index (κ3) is 7.97. The number of benzene rings is 4. The van der Waals surface area contributed by atoms with Gasteiger partial charge in [0.2, 0.25) is 0 Å². The molecule has 4 aromatic carbocycles. The highest BCUT2D eigenvalue weighted by atomic mass is 32.1. The molecule has 4 heterocycles. The Bertz CT molecular complexity index is 3000. The van der Waals surface area contributed by atoms with E-state index in [1.54, 1.807) is 23.5 Å². The first kappa shape index (κ1) is 39.7. The van der Waals surface area contributed by atoms with E-state index in [4.69, 9.17) is 32.2 Å². The molecule has 0 fully saturated rings. The van der Waals surface area contributed by atoms with Crippen molar-refractivity contribution in [3.05, 3.63) is 186 Å². The molecule has 10 heteroatoms. The predicted octanol–water partition coefficient (Wildman–Crippen LogP) is 10.9. The zero-order valence-corrected chi connectivity index (χ0v) is 34.4. The van der Waals surface area contributed by atoms with Crippen molar-refractivity contribution in [2.24, 2.45) is 0 Å². The fourth-order valence-corrected chi connectivity index (χ4v) is 8.15. The molecule has 0 saturated heterocycles. The fraction of sp³-hybridized carbons (Fsp3) is 0.0600. The molecular weight excluding hydrogens is 754 g/mol. The Morgan fingerprint density at radius 3 is 2.08 bits per heavy atom. The second-order valence-electron chi connectivity index (χ2n) is 13.9. The second-order valence-corrected chi connectivity index (χ2v) is 15.0. The molecule has 7 nitrogen and oxygen atoms in total. The van der Waals surface area contributed by atoms with E-state index in [1.165, 1.54) is 0 Å². The smallest absolute Gasteiger partial charge is 0.197 e.